The third-order valence-electron chi connectivity index (χ3n) is 1.52. The van der Waals surface area contributed by atoms with Crippen LogP contribution in [0.3, 0.4) is 0 Å². The maximum atomic E-state index is 11.5. The van der Waals surface area contributed by atoms with E-state index in [9.17, 15) is 4.79 Å². The van der Waals surface area contributed by atoms with Crippen LogP contribution >= 0.6 is 15.9 Å². The van der Waals surface area contributed by atoms with Crippen molar-refractivity contribution in [2.45, 2.75) is 26.4 Å². The smallest absolute Gasteiger partial charge is 0.442 e. The lowest BCUT2D eigenvalue weighted by atomic mass is 9.87. The van der Waals surface area contributed by atoms with E-state index >= 15 is 0 Å². The summed E-state index contributed by atoms with van der Waals surface area (Å²) in [4.78, 5) is 11.5. The fourth-order valence-corrected chi connectivity index (χ4v) is 1.42. The second-order valence-electron chi connectivity index (χ2n) is 4.16. The highest BCUT2D eigenvalue weighted by Gasteiger charge is 2.24. The number of halogens is 1. The molecule has 6 nitrogen and oxygen atoms in total. The summed E-state index contributed by atoms with van der Waals surface area (Å²) in [7, 11) is -1.74. The number of hydrogen-bond donors (Lipinski definition) is 2. The summed E-state index contributed by atoms with van der Waals surface area (Å²) in [5.74, 6) is 0. The van der Waals surface area contributed by atoms with Crippen molar-refractivity contribution in [2.24, 2.45) is 0 Å². The van der Waals surface area contributed by atoms with Gasteiger partial charge in [-0.2, -0.15) is 9.78 Å². The molecule has 0 aliphatic heterocycles. The molecule has 1 rings (SSSR count). The van der Waals surface area contributed by atoms with E-state index in [1.807, 2.05) is 0 Å². The van der Waals surface area contributed by atoms with Crippen LogP contribution in [0.1, 0.15) is 20.8 Å². The van der Waals surface area contributed by atoms with Gasteiger partial charge < -0.3 is 14.8 Å². The quantitative estimate of drug-likeness (QED) is 0.717. The van der Waals surface area contributed by atoms with Crippen LogP contribution in [0, 0.1) is 0 Å². The normalized spacial score (nSPS) is 11.4. The van der Waals surface area contributed by atoms with E-state index < -0.39 is 18.8 Å². The topological polar surface area (TPSA) is 84.6 Å². The molecule has 0 fully saturated rings. The number of carbonyl (C=O) groups excluding carboxylic acids is 1. The molecule has 0 saturated carbocycles. The molecule has 1 heterocycles. The Balaban J connectivity index is 2.90. The van der Waals surface area contributed by atoms with Gasteiger partial charge in [0.2, 0.25) is 0 Å². The third-order valence-corrected chi connectivity index (χ3v) is 2.13. The molecule has 8 heteroatoms. The van der Waals surface area contributed by atoms with Gasteiger partial charge in [0.05, 0.1) is 10.7 Å². The van der Waals surface area contributed by atoms with Crippen molar-refractivity contribution in [3.63, 3.8) is 0 Å². The van der Waals surface area contributed by atoms with Gasteiger partial charge in [-0.15, -0.1) is 0 Å². The van der Waals surface area contributed by atoms with Gasteiger partial charge in [-0.3, -0.25) is 0 Å². The van der Waals surface area contributed by atoms with Crippen molar-refractivity contribution in [1.29, 1.82) is 0 Å². The Bertz CT molecular complexity index is 399. The predicted molar refractivity (Wildman–Crippen MR) is 61.4 cm³/mol. The average molecular weight is 291 g/mol. The van der Waals surface area contributed by atoms with Gasteiger partial charge in [0, 0.05) is 0 Å². The van der Waals surface area contributed by atoms with E-state index in [1.54, 1.807) is 20.8 Å². The Hall–Kier alpha value is -0.855. The fraction of sp³-hybridized carbons (Fsp3) is 0.500. The molecule has 88 valence electrons. The minimum atomic E-state index is -1.74. The molecule has 0 bridgehead atoms. The highest BCUT2D eigenvalue weighted by molar-refractivity contribution is 9.10. The minimum absolute atomic E-state index is 0.0362. The van der Waals surface area contributed by atoms with Crippen molar-refractivity contribution in [2.75, 3.05) is 0 Å². The predicted octanol–water partition coefficient (Wildman–Crippen LogP) is 0.109. The summed E-state index contributed by atoms with van der Waals surface area (Å²) in [5.41, 5.74) is -0.668. The van der Waals surface area contributed by atoms with Gasteiger partial charge in [0.25, 0.3) is 0 Å². The van der Waals surface area contributed by atoms with Crippen molar-refractivity contribution < 1.29 is 19.6 Å². The van der Waals surface area contributed by atoms with Crippen molar-refractivity contribution in [3.8, 4) is 0 Å². The van der Waals surface area contributed by atoms with Gasteiger partial charge in [-0.1, -0.05) is 0 Å². The van der Waals surface area contributed by atoms with Gasteiger partial charge in [-0.05, 0) is 36.7 Å². The van der Waals surface area contributed by atoms with Crippen LogP contribution in [-0.4, -0.2) is 38.6 Å². The molecule has 0 spiro atoms. The Morgan fingerprint density at radius 3 is 2.50 bits per heavy atom. The molecule has 0 aromatic carbocycles. The lowest BCUT2D eigenvalue weighted by Gasteiger charge is -2.18. The van der Waals surface area contributed by atoms with E-state index in [1.165, 1.54) is 6.20 Å². The van der Waals surface area contributed by atoms with Crippen LogP contribution < -0.4 is 5.59 Å². The highest BCUT2D eigenvalue weighted by Crippen LogP contribution is 2.10. The summed E-state index contributed by atoms with van der Waals surface area (Å²) in [6, 6.07) is 0. The van der Waals surface area contributed by atoms with E-state index in [4.69, 9.17) is 14.8 Å². The molecular formula is C8H12BBrN2O4. The van der Waals surface area contributed by atoms with E-state index in [0.717, 1.165) is 4.68 Å². The molecule has 0 aliphatic carbocycles. The molecule has 16 heavy (non-hydrogen) atoms. The molecule has 0 aliphatic rings. The second kappa shape index (κ2) is 4.56. The number of aromatic nitrogens is 2. The number of ether oxygens (including phenoxy) is 1. The Morgan fingerprint density at radius 1 is 1.56 bits per heavy atom. The minimum Gasteiger partial charge on any atom is -0.442 e. The van der Waals surface area contributed by atoms with Gasteiger partial charge in [0.1, 0.15) is 11.2 Å². The Labute approximate surface area is 101 Å². The molecule has 0 radical (unpaired) electrons. The van der Waals surface area contributed by atoms with Crippen LogP contribution in [0.5, 0.6) is 0 Å². The van der Waals surface area contributed by atoms with Gasteiger partial charge >= 0.3 is 13.2 Å². The van der Waals surface area contributed by atoms with E-state index in [2.05, 4.69) is 21.0 Å². The van der Waals surface area contributed by atoms with Crippen molar-refractivity contribution in [1.82, 2.24) is 9.78 Å². The second-order valence-corrected chi connectivity index (χ2v) is 5.02. The first kappa shape index (κ1) is 13.2. The molecule has 1 aromatic heterocycles. The molecule has 0 atom stereocenters. The van der Waals surface area contributed by atoms with E-state index in [-0.39, 0.29) is 5.59 Å². The van der Waals surface area contributed by atoms with Crippen LogP contribution in [0.25, 0.3) is 0 Å². The molecule has 0 saturated heterocycles. The summed E-state index contributed by atoms with van der Waals surface area (Å²) >= 11 is 3.05. The average Bonchev–Trinajstić information content (AvgIpc) is 2.44. The number of carbonyl (C=O) groups is 1. The Morgan fingerprint density at radius 2 is 2.12 bits per heavy atom. The largest absolute Gasteiger partial charge is 0.511 e. The summed E-state index contributed by atoms with van der Waals surface area (Å²) in [6.45, 7) is 5.18. The number of rotatable bonds is 1. The van der Waals surface area contributed by atoms with Crippen LogP contribution in [0.15, 0.2) is 10.7 Å². The zero-order valence-corrected chi connectivity index (χ0v) is 10.7. The number of nitrogens with zero attached hydrogens (tertiary/aromatic N) is 2. The lowest BCUT2D eigenvalue weighted by Crippen LogP contribution is -2.34. The van der Waals surface area contributed by atoms with Gasteiger partial charge in [-0.25, -0.2) is 4.79 Å². The first-order valence-corrected chi connectivity index (χ1v) is 5.34. The molecule has 0 unspecified atom stereocenters. The number of hydrogen-bond acceptors (Lipinski definition) is 5. The van der Waals surface area contributed by atoms with Crippen LogP contribution in [0.4, 0.5) is 4.79 Å². The first-order valence-electron chi connectivity index (χ1n) is 4.55. The van der Waals surface area contributed by atoms with Crippen molar-refractivity contribution in [3.05, 3.63) is 10.7 Å². The first-order chi connectivity index (χ1) is 7.20. The molecular weight excluding hydrogens is 279 g/mol. The van der Waals surface area contributed by atoms with Crippen molar-refractivity contribution >= 4 is 34.7 Å². The third kappa shape index (κ3) is 3.33. The van der Waals surface area contributed by atoms with Gasteiger partial charge in [0.15, 0.2) is 0 Å². The lowest BCUT2D eigenvalue weighted by molar-refractivity contribution is 0.0515. The molecule has 0 amide bonds. The SMILES string of the molecule is CC(C)(C)OC(=O)n1cc(Br)c(B(O)O)n1. The summed E-state index contributed by atoms with van der Waals surface area (Å²) in [5, 5.41) is 21.5. The standard InChI is InChI=1S/C8H12BBrN2O4/c1-8(2,3)16-7(13)12-4-5(10)6(11-12)9(14)15/h4,14-15H,1-3H3. The Kier molecular flexibility index (Phi) is 3.77. The van der Waals surface area contributed by atoms with Crippen LogP contribution in [0.2, 0.25) is 0 Å². The zero-order valence-electron chi connectivity index (χ0n) is 9.14. The summed E-state index contributed by atoms with van der Waals surface area (Å²) in [6.07, 6.45) is 0.628. The molecule has 2 N–H and O–H groups in total. The maximum absolute atomic E-state index is 11.5. The fourth-order valence-electron chi connectivity index (χ4n) is 0.943. The van der Waals surface area contributed by atoms with E-state index in [0.29, 0.717) is 4.47 Å². The highest BCUT2D eigenvalue weighted by atomic mass is 79.9. The van der Waals surface area contributed by atoms with Crippen LogP contribution in [-0.2, 0) is 4.74 Å². The zero-order chi connectivity index (χ0) is 12.5. The summed E-state index contributed by atoms with van der Waals surface area (Å²) < 4.78 is 6.28. The maximum Gasteiger partial charge on any atom is 0.511 e. The monoisotopic (exact) mass is 290 g/mol. The molecule has 1 aromatic rings.